The van der Waals surface area contributed by atoms with Gasteiger partial charge >= 0.3 is 11.9 Å². The first-order valence-corrected chi connectivity index (χ1v) is 9.63. The average molecular weight is 434 g/mol. The van der Waals surface area contributed by atoms with E-state index in [0.717, 1.165) is 0 Å². The average Bonchev–Trinajstić information content (AvgIpc) is 2.76. The molecule has 1 heterocycles. The molecule has 30 heavy (non-hydrogen) atoms. The zero-order valence-electron chi connectivity index (χ0n) is 17.0. The van der Waals surface area contributed by atoms with E-state index in [0.29, 0.717) is 0 Å². The predicted molar refractivity (Wildman–Crippen MR) is 98.8 cm³/mol. The number of hydrogen-bond acceptors (Lipinski definition) is 11. The molecular formula is C19H30O11. The fourth-order valence-electron chi connectivity index (χ4n) is 3.82. The molecule has 0 spiro atoms. The highest BCUT2D eigenvalue weighted by Gasteiger charge is 2.50. The first kappa shape index (κ1) is 24.7. The second kappa shape index (κ2) is 11.1. The topological polar surface area (TPSA) is 161 Å². The van der Waals surface area contributed by atoms with Gasteiger partial charge in [-0.3, -0.25) is 9.59 Å². The van der Waals surface area contributed by atoms with Crippen LogP contribution in [-0.4, -0.2) is 103 Å². The number of carbonyl (C=O) groups excluding carboxylic acids is 2. The van der Waals surface area contributed by atoms with Gasteiger partial charge in [0, 0.05) is 0 Å². The van der Waals surface area contributed by atoms with E-state index in [-0.39, 0.29) is 19.4 Å². The maximum atomic E-state index is 12.3. The van der Waals surface area contributed by atoms with Gasteiger partial charge < -0.3 is 44.1 Å². The molecule has 1 saturated heterocycles. The lowest BCUT2D eigenvalue weighted by atomic mass is 9.76. The number of aliphatic hydroxyl groups excluding tert-OH is 4. The molecule has 9 atom stereocenters. The molecule has 4 N–H and O–H groups in total. The van der Waals surface area contributed by atoms with Gasteiger partial charge in [0.25, 0.3) is 0 Å². The number of aliphatic hydroxyl groups is 4. The summed E-state index contributed by atoms with van der Waals surface area (Å²) in [5.41, 5.74) is 0. The van der Waals surface area contributed by atoms with Gasteiger partial charge in [0.1, 0.15) is 24.4 Å². The van der Waals surface area contributed by atoms with Crippen LogP contribution in [0, 0.1) is 11.8 Å². The summed E-state index contributed by atoms with van der Waals surface area (Å²) in [6, 6.07) is 0. The first-order chi connectivity index (χ1) is 14.3. The summed E-state index contributed by atoms with van der Waals surface area (Å²) in [6.07, 6.45) is -7.28. The third-order valence-corrected chi connectivity index (χ3v) is 5.47. The molecule has 11 heteroatoms. The first-order valence-electron chi connectivity index (χ1n) is 9.63. The Balaban J connectivity index is 2.24. The van der Waals surface area contributed by atoms with Gasteiger partial charge in [0.2, 0.25) is 0 Å². The zero-order chi connectivity index (χ0) is 22.4. The number of hydrogen-bond donors (Lipinski definition) is 4. The van der Waals surface area contributed by atoms with Crippen molar-refractivity contribution in [2.45, 2.75) is 55.8 Å². The molecule has 1 aliphatic carbocycles. The maximum Gasteiger partial charge on any atom is 0.309 e. The standard InChI is InChI=1S/C19H30O11/c1-4-5-28-11-6-9(17(24)26-2)10(18(25)27-3)7-12(11)29-19-16(23)15(22)14(21)13(8-20)30-19/h4,9-16,19-23H,1,5-8H2,2-3H3/t9-,10-,11-,12-,13+,14+,15-,16-,19-/m0/s1. The molecule has 0 radical (unpaired) electrons. The zero-order valence-corrected chi connectivity index (χ0v) is 17.0. The van der Waals surface area contributed by atoms with E-state index < -0.39 is 73.3 Å². The van der Waals surface area contributed by atoms with Crippen molar-refractivity contribution < 1.29 is 53.7 Å². The highest BCUT2D eigenvalue weighted by Crippen LogP contribution is 2.37. The van der Waals surface area contributed by atoms with Gasteiger partial charge in [-0.25, -0.2) is 0 Å². The van der Waals surface area contributed by atoms with E-state index in [2.05, 4.69) is 6.58 Å². The molecule has 2 aliphatic rings. The lowest BCUT2D eigenvalue weighted by molar-refractivity contribution is -0.321. The Morgan fingerprint density at radius 3 is 2.07 bits per heavy atom. The number of carbonyl (C=O) groups is 2. The molecule has 11 nitrogen and oxygen atoms in total. The Bertz CT molecular complexity index is 595. The Kier molecular flexibility index (Phi) is 9.16. The summed E-state index contributed by atoms with van der Waals surface area (Å²) in [5.74, 6) is -2.94. The van der Waals surface area contributed by atoms with Crippen LogP contribution in [0.25, 0.3) is 0 Å². The van der Waals surface area contributed by atoms with Gasteiger partial charge in [-0.15, -0.1) is 6.58 Å². The summed E-state index contributed by atoms with van der Waals surface area (Å²) in [5, 5.41) is 39.5. The van der Waals surface area contributed by atoms with Crippen LogP contribution in [-0.2, 0) is 33.3 Å². The van der Waals surface area contributed by atoms with Crippen LogP contribution >= 0.6 is 0 Å². The smallest absolute Gasteiger partial charge is 0.309 e. The SMILES string of the molecule is C=CCO[C@H]1C[C@H](C(=O)OC)[C@@H](C(=O)OC)C[C@@H]1O[C@H]1O[C@H](CO)[C@@H](O)[C@H](O)[C@@H]1O. The van der Waals surface area contributed by atoms with E-state index in [1.54, 1.807) is 0 Å². The molecule has 0 amide bonds. The maximum absolute atomic E-state index is 12.3. The molecule has 2 rings (SSSR count). The minimum absolute atomic E-state index is 0.0106. The summed E-state index contributed by atoms with van der Waals surface area (Å²) in [6.45, 7) is 3.10. The van der Waals surface area contributed by atoms with E-state index >= 15 is 0 Å². The minimum atomic E-state index is -1.61. The second-order valence-corrected chi connectivity index (χ2v) is 7.26. The number of ether oxygens (including phenoxy) is 5. The van der Waals surface area contributed by atoms with Crippen LogP contribution in [0.5, 0.6) is 0 Å². The highest BCUT2D eigenvalue weighted by atomic mass is 16.7. The van der Waals surface area contributed by atoms with Gasteiger partial charge in [-0.1, -0.05) is 6.08 Å². The van der Waals surface area contributed by atoms with Crippen LogP contribution < -0.4 is 0 Å². The van der Waals surface area contributed by atoms with Crippen molar-refractivity contribution in [2.24, 2.45) is 11.8 Å². The molecule has 1 aliphatic heterocycles. The van der Waals surface area contributed by atoms with Crippen LogP contribution in [0.4, 0.5) is 0 Å². The fourth-order valence-corrected chi connectivity index (χ4v) is 3.82. The van der Waals surface area contributed by atoms with Crippen molar-refractivity contribution in [2.75, 3.05) is 27.4 Å². The summed E-state index contributed by atoms with van der Waals surface area (Å²) >= 11 is 0. The predicted octanol–water partition coefficient (Wildman–Crippen LogP) is -1.89. The Hall–Kier alpha value is -1.60. The molecule has 0 aromatic rings. The Labute approximate surface area is 174 Å². The number of rotatable bonds is 8. The Morgan fingerprint density at radius 2 is 1.57 bits per heavy atom. The molecule has 0 aromatic heterocycles. The normalized spacial score (nSPS) is 39.2. The van der Waals surface area contributed by atoms with Gasteiger partial charge in [-0.2, -0.15) is 0 Å². The van der Waals surface area contributed by atoms with Crippen LogP contribution in [0.15, 0.2) is 12.7 Å². The quantitative estimate of drug-likeness (QED) is 0.250. The number of esters is 2. The second-order valence-electron chi connectivity index (χ2n) is 7.26. The molecule has 2 fully saturated rings. The third-order valence-electron chi connectivity index (χ3n) is 5.47. The van der Waals surface area contributed by atoms with E-state index in [1.807, 2.05) is 0 Å². The lowest BCUT2D eigenvalue weighted by Crippen LogP contribution is -2.60. The summed E-state index contributed by atoms with van der Waals surface area (Å²) in [4.78, 5) is 24.5. The summed E-state index contributed by atoms with van der Waals surface area (Å²) in [7, 11) is 2.41. The number of methoxy groups -OCH3 is 2. The van der Waals surface area contributed by atoms with Crippen molar-refractivity contribution in [3.8, 4) is 0 Å². The monoisotopic (exact) mass is 434 g/mol. The molecule has 0 bridgehead atoms. The van der Waals surface area contributed by atoms with Crippen LogP contribution in [0.1, 0.15) is 12.8 Å². The van der Waals surface area contributed by atoms with E-state index in [9.17, 15) is 30.0 Å². The van der Waals surface area contributed by atoms with Crippen molar-refractivity contribution in [3.63, 3.8) is 0 Å². The van der Waals surface area contributed by atoms with Crippen molar-refractivity contribution in [1.29, 1.82) is 0 Å². The van der Waals surface area contributed by atoms with Crippen molar-refractivity contribution >= 4 is 11.9 Å². The minimum Gasteiger partial charge on any atom is -0.469 e. The molecule has 1 saturated carbocycles. The summed E-state index contributed by atoms with van der Waals surface area (Å²) < 4.78 is 26.5. The van der Waals surface area contributed by atoms with E-state index in [4.69, 9.17) is 23.7 Å². The van der Waals surface area contributed by atoms with Crippen LogP contribution in [0.3, 0.4) is 0 Å². The third kappa shape index (κ3) is 5.35. The largest absolute Gasteiger partial charge is 0.469 e. The van der Waals surface area contributed by atoms with Gasteiger partial charge in [0.05, 0.1) is 51.5 Å². The lowest BCUT2D eigenvalue weighted by Gasteiger charge is -2.44. The van der Waals surface area contributed by atoms with Crippen molar-refractivity contribution in [3.05, 3.63) is 12.7 Å². The molecule has 172 valence electrons. The Morgan fingerprint density at radius 1 is 1.00 bits per heavy atom. The van der Waals surface area contributed by atoms with Crippen LogP contribution in [0.2, 0.25) is 0 Å². The fraction of sp³-hybridized carbons (Fsp3) is 0.789. The van der Waals surface area contributed by atoms with Gasteiger partial charge in [0.15, 0.2) is 6.29 Å². The van der Waals surface area contributed by atoms with Crippen molar-refractivity contribution in [1.82, 2.24) is 0 Å². The molecular weight excluding hydrogens is 404 g/mol. The van der Waals surface area contributed by atoms with Gasteiger partial charge in [-0.05, 0) is 12.8 Å². The highest BCUT2D eigenvalue weighted by molar-refractivity contribution is 5.82. The van der Waals surface area contributed by atoms with E-state index in [1.165, 1.54) is 20.3 Å². The molecule has 0 aromatic carbocycles. The molecule has 0 unspecified atom stereocenters.